The van der Waals surface area contributed by atoms with Gasteiger partial charge in [-0.25, -0.2) is 10.2 Å². The van der Waals surface area contributed by atoms with Gasteiger partial charge >= 0.3 is 6.03 Å². The fraction of sp³-hybridized carbons (Fsp3) is 0.211. The molecular formula is C19H21N3O3. The van der Waals surface area contributed by atoms with E-state index in [-0.39, 0.29) is 5.76 Å². The summed E-state index contributed by atoms with van der Waals surface area (Å²) in [5.74, 6) is 0.971. The predicted molar refractivity (Wildman–Crippen MR) is 95.9 cm³/mol. The van der Waals surface area contributed by atoms with Gasteiger partial charge in [-0.2, -0.15) is 0 Å². The molecule has 1 unspecified atom stereocenters. The zero-order chi connectivity index (χ0) is 17.8. The van der Waals surface area contributed by atoms with Crippen LogP contribution in [0.4, 0.5) is 4.79 Å². The number of rotatable bonds is 5. The normalized spacial score (nSPS) is 14.6. The summed E-state index contributed by atoms with van der Waals surface area (Å²) >= 11 is 0. The Morgan fingerprint density at radius 2 is 1.88 bits per heavy atom. The van der Waals surface area contributed by atoms with Crippen LogP contribution in [0.15, 0.2) is 54.1 Å². The van der Waals surface area contributed by atoms with Crippen molar-refractivity contribution in [2.45, 2.75) is 18.9 Å². The van der Waals surface area contributed by atoms with E-state index in [0.29, 0.717) is 6.42 Å². The molecule has 3 rings (SSSR count). The maximum absolute atomic E-state index is 11.1. The first kappa shape index (κ1) is 16.9. The van der Waals surface area contributed by atoms with Crippen LogP contribution in [0.2, 0.25) is 0 Å². The van der Waals surface area contributed by atoms with Gasteiger partial charge in [0.1, 0.15) is 11.5 Å². The highest BCUT2D eigenvalue weighted by molar-refractivity contribution is 5.72. The van der Waals surface area contributed by atoms with E-state index in [4.69, 9.17) is 10.5 Å². The van der Waals surface area contributed by atoms with Gasteiger partial charge in [0.15, 0.2) is 0 Å². The number of amides is 2. The van der Waals surface area contributed by atoms with Gasteiger partial charge in [-0.3, -0.25) is 5.43 Å². The van der Waals surface area contributed by atoms with Crippen molar-refractivity contribution in [1.82, 2.24) is 10.9 Å². The van der Waals surface area contributed by atoms with Crippen molar-refractivity contribution in [2.75, 3.05) is 7.11 Å². The van der Waals surface area contributed by atoms with Crippen molar-refractivity contribution in [2.24, 2.45) is 5.73 Å². The number of primary amides is 1. The molecule has 0 aromatic heterocycles. The van der Waals surface area contributed by atoms with Gasteiger partial charge in [-0.1, -0.05) is 36.4 Å². The number of fused-ring (bicyclic) bond motifs is 1. The number of nitrogens with one attached hydrogen (secondary N) is 2. The maximum Gasteiger partial charge on any atom is 0.326 e. The van der Waals surface area contributed by atoms with Crippen LogP contribution in [0, 0.1) is 0 Å². The van der Waals surface area contributed by atoms with E-state index in [2.05, 4.69) is 10.9 Å². The second kappa shape index (κ2) is 7.27. The minimum atomic E-state index is -0.685. The summed E-state index contributed by atoms with van der Waals surface area (Å²) in [6.07, 6.45) is 1.49. The Bertz CT molecular complexity index is 800. The minimum Gasteiger partial charge on any atom is -0.507 e. The van der Waals surface area contributed by atoms with E-state index in [1.54, 1.807) is 7.11 Å². The molecule has 5 N–H and O–H groups in total. The number of aliphatic hydroxyl groups excluding tert-OH is 1. The molecule has 0 aliphatic heterocycles. The third-order valence-corrected chi connectivity index (χ3v) is 4.38. The highest BCUT2D eigenvalue weighted by Gasteiger charge is 2.26. The van der Waals surface area contributed by atoms with Crippen molar-refractivity contribution in [3.63, 3.8) is 0 Å². The lowest BCUT2D eigenvalue weighted by Crippen LogP contribution is -2.44. The Morgan fingerprint density at radius 1 is 1.16 bits per heavy atom. The van der Waals surface area contributed by atoms with Crippen molar-refractivity contribution < 1.29 is 14.6 Å². The number of ether oxygens (including phenoxy) is 1. The highest BCUT2D eigenvalue weighted by Crippen LogP contribution is 2.36. The number of carbonyl (C=O) groups is 1. The van der Waals surface area contributed by atoms with E-state index < -0.39 is 12.1 Å². The summed E-state index contributed by atoms with van der Waals surface area (Å²) in [7, 11) is 1.60. The van der Waals surface area contributed by atoms with Gasteiger partial charge in [0.2, 0.25) is 0 Å². The molecule has 0 radical (unpaired) electrons. The third-order valence-electron chi connectivity index (χ3n) is 4.38. The quantitative estimate of drug-likeness (QED) is 0.630. The van der Waals surface area contributed by atoms with Gasteiger partial charge in [-0.15, -0.1) is 0 Å². The summed E-state index contributed by atoms with van der Waals surface area (Å²) < 4.78 is 5.19. The summed E-state index contributed by atoms with van der Waals surface area (Å²) in [5, 5.41) is 10.8. The molecule has 0 heterocycles. The van der Waals surface area contributed by atoms with Crippen molar-refractivity contribution in [3.05, 3.63) is 70.8 Å². The third kappa shape index (κ3) is 3.59. The van der Waals surface area contributed by atoms with Crippen molar-refractivity contribution in [3.8, 4) is 5.75 Å². The Hall–Kier alpha value is -2.99. The number of carbonyl (C=O) groups excluding carboxylic acids is 1. The van der Waals surface area contributed by atoms with E-state index >= 15 is 0 Å². The standard InChI is InChI=1S/C19H21N3O3/c1-25-14-9-6-13(7-10-14)17(21-22-19(20)24)16-11-8-12-4-2-3-5-15(12)18(16)23/h2-7,9-10,17,21,23H,8,11H2,1H3,(H3,20,22,24). The van der Waals surface area contributed by atoms with Gasteiger partial charge in [0.05, 0.1) is 13.2 Å². The van der Waals surface area contributed by atoms with Gasteiger partial charge in [0, 0.05) is 5.56 Å². The topological polar surface area (TPSA) is 96.6 Å². The first-order chi connectivity index (χ1) is 12.1. The highest BCUT2D eigenvalue weighted by atomic mass is 16.5. The number of hydrazine groups is 1. The van der Waals surface area contributed by atoms with Crippen LogP contribution in [0.1, 0.15) is 29.2 Å². The fourth-order valence-electron chi connectivity index (χ4n) is 3.12. The van der Waals surface area contributed by atoms with E-state index in [0.717, 1.165) is 34.4 Å². The molecule has 0 bridgehead atoms. The number of methoxy groups -OCH3 is 1. The summed E-state index contributed by atoms with van der Waals surface area (Å²) in [6.45, 7) is 0. The molecule has 1 atom stereocenters. The Kier molecular flexibility index (Phi) is 4.90. The van der Waals surface area contributed by atoms with Crippen molar-refractivity contribution >= 4 is 11.8 Å². The molecule has 1 aliphatic carbocycles. The molecule has 25 heavy (non-hydrogen) atoms. The van der Waals surface area contributed by atoms with Crippen molar-refractivity contribution in [1.29, 1.82) is 0 Å². The molecule has 0 spiro atoms. The second-order valence-electron chi connectivity index (χ2n) is 5.87. The Balaban J connectivity index is 2.00. The molecule has 2 amide bonds. The largest absolute Gasteiger partial charge is 0.507 e. The first-order valence-corrected chi connectivity index (χ1v) is 8.05. The second-order valence-corrected chi connectivity index (χ2v) is 5.87. The molecular weight excluding hydrogens is 318 g/mol. The number of aryl methyl sites for hydroxylation is 1. The van der Waals surface area contributed by atoms with Crippen LogP contribution in [-0.2, 0) is 6.42 Å². The SMILES string of the molecule is COc1ccc(C(NNC(N)=O)C2=C(O)c3ccccc3CC2)cc1. The zero-order valence-electron chi connectivity index (χ0n) is 14.0. The lowest BCUT2D eigenvalue weighted by atomic mass is 9.85. The summed E-state index contributed by atoms with van der Waals surface area (Å²) in [6, 6.07) is 14.1. The number of nitrogens with two attached hydrogens (primary N) is 1. The summed E-state index contributed by atoms with van der Waals surface area (Å²) in [4.78, 5) is 11.1. The smallest absolute Gasteiger partial charge is 0.326 e. The lowest BCUT2D eigenvalue weighted by Gasteiger charge is -2.27. The average molecular weight is 339 g/mol. The Labute approximate surface area is 146 Å². The molecule has 6 nitrogen and oxygen atoms in total. The zero-order valence-corrected chi connectivity index (χ0v) is 14.0. The maximum atomic E-state index is 11.1. The summed E-state index contributed by atoms with van der Waals surface area (Å²) in [5.41, 5.74) is 14.2. The molecule has 2 aromatic rings. The van der Waals surface area contributed by atoms with Gasteiger partial charge in [-0.05, 0) is 41.7 Å². The molecule has 0 fully saturated rings. The van der Waals surface area contributed by atoms with Gasteiger partial charge in [0.25, 0.3) is 0 Å². The fourth-order valence-corrected chi connectivity index (χ4v) is 3.12. The number of benzene rings is 2. The van der Waals surface area contributed by atoms with Crippen LogP contribution in [0.5, 0.6) is 5.75 Å². The van der Waals surface area contributed by atoms with E-state index in [1.165, 1.54) is 0 Å². The molecule has 2 aromatic carbocycles. The van der Waals surface area contributed by atoms with Gasteiger partial charge < -0.3 is 15.6 Å². The van der Waals surface area contributed by atoms with Crippen LogP contribution < -0.4 is 21.3 Å². The molecule has 0 saturated carbocycles. The van der Waals surface area contributed by atoms with Crippen LogP contribution >= 0.6 is 0 Å². The predicted octanol–water partition coefficient (Wildman–Crippen LogP) is 2.82. The minimum absolute atomic E-state index is 0.237. The molecule has 130 valence electrons. The monoisotopic (exact) mass is 339 g/mol. The average Bonchev–Trinajstić information content (AvgIpc) is 2.64. The van der Waals surface area contributed by atoms with E-state index in [1.807, 2.05) is 48.5 Å². The van der Waals surface area contributed by atoms with E-state index in [9.17, 15) is 9.90 Å². The van der Waals surface area contributed by atoms with Crippen LogP contribution in [0.25, 0.3) is 5.76 Å². The molecule has 1 aliphatic rings. The van der Waals surface area contributed by atoms with Crippen LogP contribution in [0.3, 0.4) is 0 Å². The Morgan fingerprint density at radius 3 is 2.56 bits per heavy atom. The van der Waals surface area contributed by atoms with Crippen LogP contribution in [-0.4, -0.2) is 18.2 Å². The lowest BCUT2D eigenvalue weighted by molar-refractivity contribution is 0.243. The molecule has 0 saturated heterocycles. The first-order valence-electron chi connectivity index (χ1n) is 8.05. The number of urea groups is 1. The number of aliphatic hydroxyl groups is 1. The number of hydrogen-bond acceptors (Lipinski definition) is 4. The molecule has 6 heteroatoms. The number of hydrogen-bond donors (Lipinski definition) is 4.